The Morgan fingerprint density at radius 1 is 1.12 bits per heavy atom. The van der Waals surface area contributed by atoms with Gasteiger partial charge >= 0.3 is 0 Å². The highest BCUT2D eigenvalue weighted by molar-refractivity contribution is 6.05. The summed E-state index contributed by atoms with van der Waals surface area (Å²) in [5.74, 6) is -1.80. The van der Waals surface area contributed by atoms with E-state index < -0.39 is 17.5 Å². The van der Waals surface area contributed by atoms with Crippen LogP contribution in [0.2, 0.25) is 0 Å². The van der Waals surface area contributed by atoms with E-state index in [1.54, 1.807) is 4.90 Å². The van der Waals surface area contributed by atoms with Crippen LogP contribution in [0.1, 0.15) is 40.5 Å². The number of likely N-dealkylation sites (tertiary alicyclic amines) is 1. The second-order valence-electron chi connectivity index (χ2n) is 6.52. The predicted molar refractivity (Wildman–Crippen MR) is 92.8 cm³/mol. The third kappa shape index (κ3) is 4.04. The Kier molecular flexibility index (Phi) is 5.25. The minimum absolute atomic E-state index is 0.130. The average molecular weight is 359 g/mol. The highest BCUT2D eigenvalue weighted by atomic mass is 19.1. The van der Waals surface area contributed by atoms with E-state index in [0.717, 1.165) is 25.0 Å². The van der Waals surface area contributed by atoms with Crippen LogP contribution in [-0.2, 0) is 0 Å². The molecule has 0 bridgehead atoms. The molecule has 2 aromatic rings. The fraction of sp³-hybridized carbons (Fsp3) is 0.316. The monoisotopic (exact) mass is 359 g/mol. The summed E-state index contributed by atoms with van der Waals surface area (Å²) in [7, 11) is 0. The summed E-state index contributed by atoms with van der Waals surface area (Å²) in [5, 5.41) is 2.36. The Morgan fingerprint density at radius 3 is 2.50 bits per heavy atom. The molecule has 0 saturated carbocycles. The Balaban J connectivity index is 1.74. The molecule has 0 atom stereocenters. The molecule has 2 heterocycles. The molecule has 1 aromatic heterocycles. The Labute approximate surface area is 150 Å². The summed E-state index contributed by atoms with van der Waals surface area (Å²) in [5.41, 5.74) is 0.301. The van der Waals surface area contributed by atoms with Crippen molar-refractivity contribution in [2.75, 3.05) is 18.4 Å². The molecular formula is C19H19F2N3O2. The van der Waals surface area contributed by atoms with Gasteiger partial charge in [-0.2, -0.15) is 0 Å². The first-order valence-corrected chi connectivity index (χ1v) is 8.45. The summed E-state index contributed by atoms with van der Waals surface area (Å²) < 4.78 is 26.6. The van der Waals surface area contributed by atoms with Crippen molar-refractivity contribution in [1.82, 2.24) is 9.88 Å². The Morgan fingerprint density at radius 2 is 1.81 bits per heavy atom. The number of nitrogens with one attached hydrogen (secondary N) is 1. The number of carbonyl (C=O) groups excluding carboxylic acids is 2. The maximum atomic E-state index is 13.7. The molecule has 0 aliphatic carbocycles. The zero-order chi connectivity index (χ0) is 18.7. The second-order valence-corrected chi connectivity index (χ2v) is 6.52. The number of halogens is 2. The molecule has 26 heavy (non-hydrogen) atoms. The van der Waals surface area contributed by atoms with Gasteiger partial charge < -0.3 is 10.2 Å². The van der Waals surface area contributed by atoms with Crippen LogP contribution in [0.4, 0.5) is 14.5 Å². The van der Waals surface area contributed by atoms with Gasteiger partial charge in [0.1, 0.15) is 11.6 Å². The first kappa shape index (κ1) is 18.0. The number of amides is 2. The van der Waals surface area contributed by atoms with E-state index in [9.17, 15) is 18.4 Å². The quantitative estimate of drug-likeness (QED) is 0.913. The summed E-state index contributed by atoms with van der Waals surface area (Å²) in [6.07, 6.45) is 4.60. The lowest BCUT2D eigenvalue weighted by molar-refractivity contribution is 0.0697. The van der Waals surface area contributed by atoms with Crippen LogP contribution in [0, 0.1) is 17.6 Å². The largest absolute Gasteiger partial charge is 0.339 e. The van der Waals surface area contributed by atoms with Gasteiger partial charge in [-0.25, -0.2) is 8.78 Å². The van der Waals surface area contributed by atoms with Gasteiger partial charge in [-0.1, -0.05) is 6.92 Å². The molecule has 1 aliphatic heterocycles. The van der Waals surface area contributed by atoms with Gasteiger partial charge in [-0.3, -0.25) is 14.6 Å². The van der Waals surface area contributed by atoms with Gasteiger partial charge in [0.25, 0.3) is 11.8 Å². The average Bonchev–Trinajstić information content (AvgIpc) is 2.64. The van der Waals surface area contributed by atoms with Crippen molar-refractivity contribution in [3.8, 4) is 0 Å². The van der Waals surface area contributed by atoms with Crippen molar-refractivity contribution < 1.29 is 18.4 Å². The number of carbonyl (C=O) groups is 2. The molecule has 0 unspecified atom stereocenters. The van der Waals surface area contributed by atoms with Gasteiger partial charge in [0.15, 0.2) is 0 Å². The fourth-order valence-electron chi connectivity index (χ4n) is 2.86. The fourth-order valence-corrected chi connectivity index (χ4v) is 2.86. The van der Waals surface area contributed by atoms with Crippen molar-refractivity contribution in [1.29, 1.82) is 0 Å². The number of aromatic nitrogens is 1. The number of anilines is 1. The minimum Gasteiger partial charge on any atom is -0.339 e. The first-order valence-electron chi connectivity index (χ1n) is 8.45. The zero-order valence-electron chi connectivity index (χ0n) is 14.3. The first-order chi connectivity index (χ1) is 12.4. The molecule has 1 aliphatic rings. The molecule has 1 N–H and O–H groups in total. The third-order valence-electron chi connectivity index (χ3n) is 4.50. The van der Waals surface area contributed by atoms with E-state index in [2.05, 4.69) is 17.2 Å². The lowest BCUT2D eigenvalue weighted by atomic mass is 9.98. The SMILES string of the molecule is CC1CCN(C(=O)c2cncc(C(=O)Nc3ccc(F)cc3F)c2)CC1. The molecule has 7 heteroatoms. The number of piperidine rings is 1. The summed E-state index contributed by atoms with van der Waals surface area (Å²) >= 11 is 0. The molecule has 136 valence electrons. The Bertz CT molecular complexity index is 833. The Hall–Kier alpha value is -2.83. The van der Waals surface area contributed by atoms with Crippen molar-refractivity contribution in [3.05, 3.63) is 59.4 Å². The van der Waals surface area contributed by atoms with Gasteiger partial charge in [0.05, 0.1) is 16.8 Å². The zero-order valence-corrected chi connectivity index (χ0v) is 14.3. The summed E-state index contributed by atoms with van der Waals surface area (Å²) in [6.45, 7) is 3.51. The minimum atomic E-state index is -0.874. The van der Waals surface area contributed by atoms with Crippen molar-refractivity contribution in [2.24, 2.45) is 5.92 Å². The highest BCUT2D eigenvalue weighted by Gasteiger charge is 2.22. The van der Waals surface area contributed by atoms with Crippen LogP contribution < -0.4 is 5.32 Å². The van der Waals surface area contributed by atoms with Crippen molar-refractivity contribution in [3.63, 3.8) is 0 Å². The number of hydrogen-bond donors (Lipinski definition) is 1. The number of benzene rings is 1. The van der Waals surface area contributed by atoms with E-state index in [0.29, 0.717) is 30.6 Å². The van der Waals surface area contributed by atoms with Crippen LogP contribution in [0.5, 0.6) is 0 Å². The standard InChI is InChI=1S/C19H19F2N3O2/c1-12-4-6-24(7-5-12)19(26)14-8-13(10-22-11-14)18(25)23-17-3-2-15(20)9-16(17)21/h2-3,8-12H,4-7H2,1H3,(H,23,25). The van der Waals surface area contributed by atoms with E-state index in [-0.39, 0.29) is 17.2 Å². The molecule has 1 aromatic carbocycles. The van der Waals surface area contributed by atoms with Gasteiger partial charge in [0, 0.05) is 31.5 Å². The maximum Gasteiger partial charge on any atom is 0.257 e. The topological polar surface area (TPSA) is 62.3 Å². The smallest absolute Gasteiger partial charge is 0.257 e. The van der Waals surface area contributed by atoms with E-state index in [1.807, 2.05) is 0 Å². The predicted octanol–water partition coefficient (Wildman–Crippen LogP) is 3.48. The second kappa shape index (κ2) is 7.59. The summed E-state index contributed by atoms with van der Waals surface area (Å²) in [6, 6.07) is 4.31. The number of rotatable bonds is 3. The van der Waals surface area contributed by atoms with E-state index in [1.165, 1.54) is 18.5 Å². The van der Waals surface area contributed by atoms with E-state index >= 15 is 0 Å². The lowest BCUT2D eigenvalue weighted by Gasteiger charge is -2.30. The van der Waals surface area contributed by atoms with Gasteiger partial charge in [-0.05, 0) is 37.0 Å². The van der Waals surface area contributed by atoms with E-state index in [4.69, 9.17) is 0 Å². The number of pyridine rings is 1. The maximum absolute atomic E-state index is 13.7. The van der Waals surface area contributed by atoms with Crippen LogP contribution in [0.3, 0.4) is 0 Å². The third-order valence-corrected chi connectivity index (χ3v) is 4.50. The highest BCUT2D eigenvalue weighted by Crippen LogP contribution is 2.19. The van der Waals surface area contributed by atoms with Crippen LogP contribution in [0.15, 0.2) is 36.7 Å². The molecule has 1 saturated heterocycles. The number of nitrogens with zero attached hydrogens (tertiary/aromatic N) is 2. The van der Waals surface area contributed by atoms with Crippen molar-refractivity contribution >= 4 is 17.5 Å². The van der Waals surface area contributed by atoms with Crippen LogP contribution in [-0.4, -0.2) is 34.8 Å². The molecule has 5 nitrogen and oxygen atoms in total. The van der Waals surface area contributed by atoms with Crippen LogP contribution >= 0.6 is 0 Å². The lowest BCUT2D eigenvalue weighted by Crippen LogP contribution is -2.38. The summed E-state index contributed by atoms with van der Waals surface area (Å²) in [4.78, 5) is 30.6. The molecule has 2 amide bonds. The number of hydrogen-bond acceptors (Lipinski definition) is 3. The molecule has 0 spiro atoms. The normalized spacial score (nSPS) is 15.0. The van der Waals surface area contributed by atoms with Crippen molar-refractivity contribution in [2.45, 2.75) is 19.8 Å². The van der Waals surface area contributed by atoms with Crippen LogP contribution in [0.25, 0.3) is 0 Å². The molecule has 1 fully saturated rings. The van der Waals surface area contributed by atoms with Gasteiger partial charge in [-0.15, -0.1) is 0 Å². The van der Waals surface area contributed by atoms with Gasteiger partial charge in [0.2, 0.25) is 0 Å². The molecule has 3 rings (SSSR count). The molecule has 0 radical (unpaired) electrons. The molecular weight excluding hydrogens is 340 g/mol.